The summed E-state index contributed by atoms with van der Waals surface area (Å²) in [5.41, 5.74) is 5.71. The van der Waals surface area contributed by atoms with Crippen LogP contribution in [0.3, 0.4) is 0 Å². The van der Waals surface area contributed by atoms with Gasteiger partial charge in [-0.1, -0.05) is 12.1 Å². The van der Waals surface area contributed by atoms with Crippen molar-refractivity contribution in [2.75, 3.05) is 0 Å². The molecule has 0 amide bonds. The van der Waals surface area contributed by atoms with E-state index in [-0.39, 0.29) is 17.7 Å². The third kappa shape index (κ3) is 2.14. The van der Waals surface area contributed by atoms with Gasteiger partial charge in [-0.2, -0.15) is 13.2 Å². The summed E-state index contributed by atoms with van der Waals surface area (Å²) < 4.78 is 37.5. The zero-order valence-electron chi connectivity index (χ0n) is 10.9. The SMILES string of the molecule is NC1C2CCC(C2)C1C(=O)c1ccc(C(F)(F)F)cc1. The molecule has 1 aromatic carbocycles. The lowest BCUT2D eigenvalue weighted by Gasteiger charge is -2.26. The number of benzene rings is 1. The van der Waals surface area contributed by atoms with Gasteiger partial charge in [-0.05, 0) is 43.2 Å². The number of halogens is 3. The average molecular weight is 283 g/mol. The molecule has 2 N–H and O–H groups in total. The number of nitrogens with two attached hydrogens (primary N) is 1. The predicted octanol–water partition coefficient (Wildman–Crippen LogP) is 3.26. The first-order chi connectivity index (χ1) is 9.38. The highest BCUT2D eigenvalue weighted by atomic mass is 19.4. The summed E-state index contributed by atoms with van der Waals surface area (Å²) in [6.45, 7) is 0. The van der Waals surface area contributed by atoms with Crippen molar-refractivity contribution in [1.82, 2.24) is 0 Å². The fourth-order valence-electron chi connectivity index (χ4n) is 3.74. The lowest BCUT2D eigenvalue weighted by molar-refractivity contribution is -0.137. The van der Waals surface area contributed by atoms with Crippen LogP contribution in [-0.4, -0.2) is 11.8 Å². The van der Waals surface area contributed by atoms with Crippen molar-refractivity contribution in [1.29, 1.82) is 0 Å². The molecular weight excluding hydrogens is 267 g/mol. The molecule has 0 saturated heterocycles. The number of rotatable bonds is 2. The smallest absolute Gasteiger partial charge is 0.327 e. The number of Topliss-reactive ketones (excluding diaryl/α,β-unsaturated/α-hetero) is 1. The summed E-state index contributed by atoms with van der Waals surface area (Å²) in [7, 11) is 0. The summed E-state index contributed by atoms with van der Waals surface area (Å²) >= 11 is 0. The molecule has 2 aliphatic rings. The number of ketones is 1. The summed E-state index contributed by atoms with van der Waals surface area (Å²) in [5, 5.41) is 0. The topological polar surface area (TPSA) is 43.1 Å². The third-order valence-corrected chi connectivity index (χ3v) is 4.78. The van der Waals surface area contributed by atoms with Gasteiger partial charge in [0, 0.05) is 17.5 Å². The van der Waals surface area contributed by atoms with Gasteiger partial charge in [0.1, 0.15) is 0 Å². The minimum atomic E-state index is -4.37. The monoisotopic (exact) mass is 283 g/mol. The Bertz CT molecular complexity index is 521. The fourth-order valence-corrected chi connectivity index (χ4v) is 3.74. The molecule has 4 atom stereocenters. The van der Waals surface area contributed by atoms with Crippen molar-refractivity contribution in [3.8, 4) is 0 Å². The second kappa shape index (κ2) is 4.58. The van der Waals surface area contributed by atoms with E-state index in [4.69, 9.17) is 5.73 Å². The minimum Gasteiger partial charge on any atom is -0.327 e. The molecule has 2 bridgehead atoms. The normalized spacial score (nSPS) is 32.6. The highest BCUT2D eigenvalue weighted by Gasteiger charge is 2.49. The second-order valence-electron chi connectivity index (χ2n) is 5.88. The molecule has 0 aliphatic heterocycles. The summed E-state index contributed by atoms with van der Waals surface area (Å²) in [5.74, 6) is 0.400. The van der Waals surface area contributed by atoms with E-state index in [2.05, 4.69) is 0 Å². The molecule has 2 aliphatic carbocycles. The van der Waals surface area contributed by atoms with Crippen LogP contribution in [0.1, 0.15) is 35.2 Å². The first-order valence-corrected chi connectivity index (χ1v) is 6.85. The molecule has 3 rings (SSSR count). The van der Waals surface area contributed by atoms with Crippen LogP contribution in [0.25, 0.3) is 0 Å². The molecule has 0 heterocycles. The van der Waals surface area contributed by atoms with Crippen molar-refractivity contribution >= 4 is 5.78 Å². The molecule has 4 unspecified atom stereocenters. The highest BCUT2D eigenvalue weighted by molar-refractivity contribution is 5.98. The van der Waals surface area contributed by atoms with Crippen LogP contribution < -0.4 is 5.73 Å². The van der Waals surface area contributed by atoms with E-state index in [9.17, 15) is 18.0 Å². The Morgan fingerprint density at radius 1 is 1.10 bits per heavy atom. The maximum atomic E-state index is 12.5. The first-order valence-electron chi connectivity index (χ1n) is 6.85. The molecule has 0 radical (unpaired) electrons. The predicted molar refractivity (Wildman–Crippen MR) is 68.1 cm³/mol. The van der Waals surface area contributed by atoms with Crippen LogP contribution in [-0.2, 0) is 6.18 Å². The third-order valence-electron chi connectivity index (χ3n) is 4.78. The number of fused-ring (bicyclic) bond motifs is 2. The van der Waals surface area contributed by atoms with Gasteiger partial charge in [-0.15, -0.1) is 0 Å². The van der Waals surface area contributed by atoms with E-state index < -0.39 is 11.7 Å². The molecule has 2 nitrogen and oxygen atoms in total. The van der Waals surface area contributed by atoms with Crippen LogP contribution in [0.4, 0.5) is 13.2 Å². The van der Waals surface area contributed by atoms with Gasteiger partial charge in [-0.25, -0.2) is 0 Å². The Balaban J connectivity index is 1.81. The Kier molecular flexibility index (Phi) is 3.12. The zero-order valence-corrected chi connectivity index (χ0v) is 10.9. The van der Waals surface area contributed by atoms with Gasteiger partial charge >= 0.3 is 6.18 Å². The summed E-state index contributed by atoms with van der Waals surface area (Å²) in [4.78, 5) is 12.4. The van der Waals surface area contributed by atoms with Crippen LogP contribution >= 0.6 is 0 Å². The van der Waals surface area contributed by atoms with Gasteiger partial charge in [0.15, 0.2) is 5.78 Å². The van der Waals surface area contributed by atoms with Crippen LogP contribution in [0.15, 0.2) is 24.3 Å². The number of alkyl halides is 3. The molecule has 1 aromatic rings. The van der Waals surface area contributed by atoms with E-state index in [0.717, 1.165) is 31.4 Å². The Morgan fingerprint density at radius 2 is 1.70 bits per heavy atom. The van der Waals surface area contributed by atoms with Gasteiger partial charge in [0.05, 0.1) is 5.56 Å². The molecule has 2 fully saturated rings. The van der Waals surface area contributed by atoms with Crippen molar-refractivity contribution in [2.45, 2.75) is 31.5 Å². The minimum absolute atomic E-state index is 0.0987. The van der Waals surface area contributed by atoms with Crippen molar-refractivity contribution < 1.29 is 18.0 Å². The summed E-state index contributed by atoms with van der Waals surface area (Å²) in [6, 6.07) is 4.33. The van der Waals surface area contributed by atoms with Gasteiger partial charge in [0.25, 0.3) is 0 Å². The highest BCUT2D eigenvalue weighted by Crippen LogP contribution is 2.48. The number of carbonyl (C=O) groups is 1. The van der Waals surface area contributed by atoms with Crippen LogP contribution in [0.5, 0.6) is 0 Å². The van der Waals surface area contributed by atoms with Crippen LogP contribution in [0, 0.1) is 17.8 Å². The van der Waals surface area contributed by atoms with E-state index in [1.807, 2.05) is 0 Å². The average Bonchev–Trinajstić information content (AvgIpc) is 2.98. The first kappa shape index (κ1) is 13.6. The Labute approximate surface area is 115 Å². The van der Waals surface area contributed by atoms with E-state index in [1.165, 1.54) is 12.1 Å². The van der Waals surface area contributed by atoms with E-state index in [1.54, 1.807) is 0 Å². The van der Waals surface area contributed by atoms with Crippen molar-refractivity contribution in [3.63, 3.8) is 0 Å². The molecule has 0 aromatic heterocycles. The molecule has 108 valence electrons. The van der Waals surface area contributed by atoms with Gasteiger partial charge in [0.2, 0.25) is 0 Å². The number of hydrogen-bond donors (Lipinski definition) is 1. The molecular formula is C15H16F3NO. The quantitative estimate of drug-likeness (QED) is 0.847. The Hall–Kier alpha value is -1.36. The van der Waals surface area contributed by atoms with Gasteiger partial charge < -0.3 is 5.73 Å². The molecule has 20 heavy (non-hydrogen) atoms. The van der Waals surface area contributed by atoms with Crippen LogP contribution in [0.2, 0.25) is 0 Å². The van der Waals surface area contributed by atoms with Crippen molar-refractivity contribution in [2.24, 2.45) is 23.5 Å². The largest absolute Gasteiger partial charge is 0.416 e. The lowest BCUT2D eigenvalue weighted by Crippen LogP contribution is -2.40. The van der Waals surface area contributed by atoms with E-state index in [0.29, 0.717) is 17.4 Å². The molecule has 2 saturated carbocycles. The Morgan fingerprint density at radius 3 is 2.20 bits per heavy atom. The number of hydrogen-bond acceptors (Lipinski definition) is 2. The van der Waals surface area contributed by atoms with Gasteiger partial charge in [-0.3, -0.25) is 4.79 Å². The molecule has 0 spiro atoms. The molecule has 5 heteroatoms. The fraction of sp³-hybridized carbons (Fsp3) is 0.533. The summed E-state index contributed by atoms with van der Waals surface area (Å²) in [6.07, 6.45) is -1.30. The van der Waals surface area contributed by atoms with E-state index >= 15 is 0 Å². The maximum Gasteiger partial charge on any atom is 0.416 e. The number of carbonyl (C=O) groups excluding carboxylic acids is 1. The standard InChI is InChI=1S/C15H16F3NO/c16-15(17,18)11-5-3-8(4-6-11)14(20)12-9-1-2-10(7-9)13(12)19/h3-6,9-10,12-13H,1-2,7,19H2. The zero-order chi connectivity index (χ0) is 14.5. The second-order valence-corrected chi connectivity index (χ2v) is 5.88. The maximum absolute atomic E-state index is 12.5. The lowest BCUT2D eigenvalue weighted by atomic mass is 9.80. The van der Waals surface area contributed by atoms with Crippen molar-refractivity contribution in [3.05, 3.63) is 35.4 Å².